The van der Waals surface area contributed by atoms with Crippen LogP contribution in [0.3, 0.4) is 0 Å². The summed E-state index contributed by atoms with van der Waals surface area (Å²) in [5, 5.41) is 15.8. The van der Waals surface area contributed by atoms with Gasteiger partial charge < -0.3 is 14.8 Å². The lowest BCUT2D eigenvalue weighted by atomic mass is 10.2. The van der Waals surface area contributed by atoms with E-state index in [9.17, 15) is 19.7 Å². The van der Waals surface area contributed by atoms with Crippen LogP contribution in [0.25, 0.3) is 10.6 Å². The minimum Gasteiger partial charge on any atom is -0.494 e. The summed E-state index contributed by atoms with van der Waals surface area (Å²) in [6.45, 7) is 1.49. The van der Waals surface area contributed by atoms with Crippen LogP contribution in [0.15, 0.2) is 53.9 Å². The summed E-state index contributed by atoms with van der Waals surface area (Å²) < 4.78 is 10.2. The summed E-state index contributed by atoms with van der Waals surface area (Å²) in [5.41, 5.74) is 0.595. The van der Waals surface area contributed by atoms with E-state index in [-0.39, 0.29) is 17.1 Å². The number of nitro benzene ring substituents is 1. The molecule has 0 aliphatic heterocycles. The van der Waals surface area contributed by atoms with E-state index in [0.717, 1.165) is 5.56 Å². The average molecular weight is 427 g/mol. The van der Waals surface area contributed by atoms with E-state index in [0.29, 0.717) is 17.4 Å². The number of nitrogens with zero attached hydrogens (tertiary/aromatic N) is 2. The Balaban J connectivity index is 1.60. The highest BCUT2D eigenvalue weighted by atomic mass is 32.1. The molecule has 154 valence electrons. The van der Waals surface area contributed by atoms with Crippen molar-refractivity contribution in [1.82, 2.24) is 4.98 Å². The molecule has 10 heteroatoms. The van der Waals surface area contributed by atoms with Crippen molar-refractivity contribution in [3.05, 3.63) is 69.7 Å². The normalized spacial score (nSPS) is 10.3. The minimum atomic E-state index is -0.759. The number of carbonyl (C=O) groups excluding carboxylic acids is 2. The smallest absolute Gasteiger partial charge is 0.358 e. The number of aromatic nitrogens is 1. The van der Waals surface area contributed by atoms with Crippen molar-refractivity contribution in [2.45, 2.75) is 6.92 Å². The summed E-state index contributed by atoms with van der Waals surface area (Å²) >= 11 is 1.28. The molecule has 0 aliphatic carbocycles. The van der Waals surface area contributed by atoms with E-state index in [1.165, 1.54) is 29.5 Å². The summed E-state index contributed by atoms with van der Waals surface area (Å²) in [4.78, 5) is 39.1. The fourth-order valence-electron chi connectivity index (χ4n) is 2.50. The van der Waals surface area contributed by atoms with Gasteiger partial charge in [0.1, 0.15) is 16.4 Å². The summed E-state index contributed by atoms with van der Waals surface area (Å²) in [5.74, 6) is -1.16. The summed E-state index contributed by atoms with van der Waals surface area (Å²) in [6.07, 6.45) is 0. The zero-order valence-corrected chi connectivity index (χ0v) is 16.7. The lowest BCUT2D eigenvalue weighted by molar-refractivity contribution is -0.384. The molecule has 3 aromatic rings. The molecular weight excluding hydrogens is 410 g/mol. The van der Waals surface area contributed by atoms with Crippen LogP contribution in [-0.4, -0.2) is 35.0 Å². The predicted molar refractivity (Wildman–Crippen MR) is 111 cm³/mol. The molecule has 0 fully saturated rings. The average Bonchev–Trinajstić information content (AvgIpc) is 3.24. The van der Waals surface area contributed by atoms with Crippen LogP contribution in [0.5, 0.6) is 5.75 Å². The zero-order chi connectivity index (χ0) is 21.5. The van der Waals surface area contributed by atoms with E-state index < -0.39 is 23.4 Å². The van der Waals surface area contributed by atoms with Crippen LogP contribution in [-0.2, 0) is 9.53 Å². The molecule has 0 saturated heterocycles. The summed E-state index contributed by atoms with van der Waals surface area (Å²) in [7, 11) is 0. The van der Waals surface area contributed by atoms with Gasteiger partial charge in [-0.3, -0.25) is 14.9 Å². The monoisotopic (exact) mass is 427 g/mol. The zero-order valence-electron chi connectivity index (χ0n) is 15.9. The van der Waals surface area contributed by atoms with Crippen molar-refractivity contribution in [3.63, 3.8) is 0 Å². The lowest BCUT2D eigenvalue weighted by Gasteiger charge is -2.08. The highest BCUT2D eigenvalue weighted by Gasteiger charge is 2.19. The molecule has 0 bridgehead atoms. The third-order valence-corrected chi connectivity index (χ3v) is 4.71. The highest BCUT2D eigenvalue weighted by Crippen LogP contribution is 2.29. The van der Waals surface area contributed by atoms with Gasteiger partial charge in [-0.15, -0.1) is 11.3 Å². The van der Waals surface area contributed by atoms with Crippen molar-refractivity contribution < 1.29 is 24.0 Å². The van der Waals surface area contributed by atoms with Crippen molar-refractivity contribution in [2.75, 3.05) is 18.5 Å². The maximum Gasteiger partial charge on any atom is 0.358 e. The third kappa shape index (κ3) is 5.17. The maximum atomic E-state index is 12.2. The van der Waals surface area contributed by atoms with Gasteiger partial charge in [0.2, 0.25) is 0 Å². The number of nitrogens with one attached hydrogen (secondary N) is 1. The Morgan fingerprint density at radius 1 is 1.20 bits per heavy atom. The number of carbonyl (C=O) groups is 2. The van der Waals surface area contributed by atoms with Crippen molar-refractivity contribution in [3.8, 4) is 16.3 Å². The minimum absolute atomic E-state index is 0.0236. The Bertz CT molecular complexity index is 1070. The van der Waals surface area contributed by atoms with Gasteiger partial charge in [-0.05, 0) is 19.1 Å². The van der Waals surface area contributed by atoms with Crippen LogP contribution >= 0.6 is 11.3 Å². The van der Waals surface area contributed by atoms with E-state index in [4.69, 9.17) is 9.47 Å². The molecule has 2 aromatic carbocycles. The van der Waals surface area contributed by atoms with Crippen molar-refractivity contribution in [2.24, 2.45) is 0 Å². The van der Waals surface area contributed by atoms with Crippen LogP contribution in [0.1, 0.15) is 17.4 Å². The second-order valence-electron chi connectivity index (χ2n) is 5.90. The van der Waals surface area contributed by atoms with Crippen LogP contribution in [0, 0.1) is 10.1 Å². The second-order valence-corrected chi connectivity index (χ2v) is 6.76. The number of benzene rings is 2. The number of hydrogen-bond donors (Lipinski definition) is 1. The number of amides is 1. The van der Waals surface area contributed by atoms with Gasteiger partial charge in [-0.1, -0.05) is 30.3 Å². The van der Waals surface area contributed by atoms with Crippen molar-refractivity contribution in [1.29, 1.82) is 0 Å². The van der Waals surface area contributed by atoms with Gasteiger partial charge >= 0.3 is 5.97 Å². The molecule has 1 amide bonds. The first-order valence-corrected chi connectivity index (χ1v) is 9.75. The Labute approximate surface area is 175 Å². The molecule has 0 unspecified atom stereocenters. The maximum absolute atomic E-state index is 12.2. The molecule has 0 atom stereocenters. The van der Waals surface area contributed by atoms with E-state index >= 15 is 0 Å². The Morgan fingerprint density at radius 2 is 1.97 bits per heavy atom. The fraction of sp³-hybridized carbons (Fsp3) is 0.150. The topological polar surface area (TPSA) is 121 Å². The number of thiazole rings is 1. The number of hydrogen-bond acceptors (Lipinski definition) is 8. The van der Waals surface area contributed by atoms with Crippen molar-refractivity contribution >= 4 is 34.6 Å². The number of nitro groups is 1. The molecule has 1 heterocycles. The molecule has 0 radical (unpaired) electrons. The van der Waals surface area contributed by atoms with Gasteiger partial charge in [0.05, 0.1) is 17.6 Å². The van der Waals surface area contributed by atoms with Crippen LogP contribution in [0.4, 0.5) is 11.4 Å². The van der Waals surface area contributed by atoms with Crippen LogP contribution < -0.4 is 10.1 Å². The molecule has 1 aromatic heterocycles. The van der Waals surface area contributed by atoms with Gasteiger partial charge in [0.15, 0.2) is 12.3 Å². The van der Waals surface area contributed by atoms with E-state index in [1.54, 1.807) is 12.3 Å². The SMILES string of the molecule is CCOc1ccc(NC(=O)COC(=O)c2csc(-c3ccccc3)n2)c([N+](=O)[O-])c1. The number of ether oxygens (including phenoxy) is 2. The first kappa shape index (κ1) is 20.9. The molecule has 9 nitrogen and oxygen atoms in total. The molecule has 0 spiro atoms. The first-order chi connectivity index (χ1) is 14.5. The van der Waals surface area contributed by atoms with E-state index in [1.807, 2.05) is 30.3 Å². The summed E-state index contributed by atoms with van der Waals surface area (Å²) in [6, 6.07) is 13.4. The standard InChI is InChI=1S/C20H17N3O6S/c1-2-28-14-8-9-15(17(10-14)23(26)27)21-18(24)11-29-20(25)16-12-30-19(22-16)13-6-4-3-5-7-13/h3-10,12H,2,11H2,1H3,(H,21,24). The predicted octanol–water partition coefficient (Wildman–Crippen LogP) is 3.91. The lowest BCUT2D eigenvalue weighted by Crippen LogP contribution is -2.21. The highest BCUT2D eigenvalue weighted by molar-refractivity contribution is 7.13. The molecule has 30 heavy (non-hydrogen) atoms. The quantitative estimate of drug-likeness (QED) is 0.329. The number of anilines is 1. The number of esters is 1. The first-order valence-electron chi connectivity index (χ1n) is 8.87. The second kappa shape index (κ2) is 9.61. The van der Waals surface area contributed by atoms with Gasteiger partial charge in [0.25, 0.3) is 11.6 Å². The Kier molecular flexibility index (Phi) is 6.71. The Morgan fingerprint density at radius 3 is 2.67 bits per heavy atom. The van der Waals surface area contributed by atoms with Gasteiger partial charge in [-0.2, -0.15) is 0 Å². The largest absolute Gasteiger partial charge is 0.494 e. The number of rotatable bonds is 8. The molecule has 0 saturated carbocycles. The molecule has 1 N–H and O–H groups in total. The molecular formula is C20H17N3O6S. The van der Waals surface area contributed by atoms with Gasteiger partial charge in [0, 0.05) is 10.9 Å². The Hall–Kier alpha value is -3.79. The van der Waals surface area contributed by atoms with E-state index in [2.05, 4.69) is 10.3 Å². The molecule has 3 rings (SSSR count). The van der Waals surface area contributed by atoms with Crippen LogP contribution in [0.2, 0.25) is 0 Å². The third-order valence-electron chi connectivity index (χ3n) is 3.82. The fourth-order valence-corrected chi connectivity index (χ4v) is 3.29. The molecule has 0 aliphatic rings. The van der Waals surface area contributed by atoms with Gasteiger partial charge in [-0.25, -0.2) is 9.78 Å².